The van der Waals surface area contributed by atoms with Gasteiger partial charge in [-0.2, -0.15) is 0 Å². The molecular formula is C14H15NO2. The Hall–Kier alpha value is -2.03. The zero-order valence-electron chi connectivity index (χ0n) is 10.0. The Morgan fingerprint density at radius 1 is 1.29 bits per heavy atom. The van der Waals surface area contributed by atoms with Gasteiger partial charge in [0.05, 0.1) is 5.52 Å². The van der Waals surface area contributed by atoms with Gasteiger partial charge in [-0.05, 0) is 32.1 Å². The number of benzene rings is 1. The number of ether oxygens (including phenoxy) is 1. The molecule has 0 aliphatic rings. The molecule has 0 saturated carbocycles. The molecule has 3 nitrogen and oxygen atoms in total. The minimum atomic E-state index is -0.344. The van der Waals surface area contributed by atoms with Crippen LogP contribution in [0.4, 0.5) is 4.79 Å². The quantitative estimate of drug-likeness (QED) is 0.737. The number of carbonyl (C=O) groups is 1. The van der Waals surface area contributed by atoms with E-state index in [-0.39, 0.29) is 6.09 Å². The fourth-order valence-corrected chi connectivity index (χ4v) is 1.59. The first-order valence-electron chi connectivity index (χ1n) is 5.55. The molecule has 1 heterocycles. The van der Waals surface area contributed by atoms with E-state index in [0.717, 1.165) is 16.5 Å². The first-order chi connectivity index (χ1) is 8.18. The van der Waals surface area contributed by atoms with E-state index < -0.39 is 0 Å². The number of carbonyl (C=O) groups excluding carboxylic acids is 1. The van der Waals surface area contributed by atoms with Crippen molar-refractivity contribution < 1.29 is 9.53 Å². The number of nitrogens with zero attached hydrogens (tertiary/aromatic N) is 1. The lowest BCUT2D eigenvalue weighted by molar-refractivity contribution is 0.161. The molecule has 0 aliphatic heterocycles. The maximum Gasteiger partial charge on any atom is 0.418 e. The molecule has 0 spiro atoms. The van der Waals surface area contributed by atoms with Crippen LogP contribution in [0.15, 0.2) is 48.2 Å². The fraction of sp³-hybridized carbons (Fsp3) is 0.214. The molecule has 0 radical (unpaired) electrons. The monoisotopic (exact) mass is 229 g/mol. The van der Waals surface area contributed by atoms with Crippen LogP contribution in [0.1, 0.15) is 13.8 Å². The fourth-order valence-electron chi connectivity index (χ4n) is 1.59. The molecule has 0 N–H and O–H groups in total. The molecule has 3 heteroatoms. The van der Waals surface area contributed by atoms with Crippen LogP contribution in [0.2, 0.25) is 0 Å². The molecule has 0 saturated heterocycles. The molecule has 2 aromatic rings. The number of allylic oxidation sites excluding steroid dienone is 1. The number of hydrogen-bond acceptors (Lipinski definition) is 2. The summed E-state index contributed by atoms with van der Waals surface area (Å²) in [4.78, 5) is 11.8. The van der Waals surface area contributed by atoms with Crippen LogP contribution in [0.5, 0.6) is 0 Å². The molecule has 0 amide bonds. The van der Waals surface area contributed by atoms with E-state index >= 15 is 0 Å². The molecular weight excluding hydrogens is 214 g/mol. The normalized spacial score (nSPS) is 10.2. The predicted molar refractivity (Wildman–Crippen MR) is 68.1 cm³/mol. The molecule has 2 rings (SSSR count). The minimum Gasteiger partial charge on any atom is -0.445 e. The number of hydrogen-bond donors (Lipinski definition) is 0. The van der Waals surface area contributed by atoms with E-state index in [1.54, 1.807) is 6.20 Å². The zero-order chi connectivity index (χ0) is 12.3. The van der Waals surface area contributed by atoms with Crippen LogP contribution >= 0.6 is 0 Å². The number of fused-ring (bicyclic) bond motifs is 1. The Morgan fingerprint density at radius 2 is 2.06 bits per heavy atom. The Bertz CT molecular complexity index is 562. The first-order valence-corrected chi connectivity index (χ1v) is 5.55. The van der Waals surface area contributed by atoms with Crippen molar-refractivity contribution in [3.63, 3.8) is 0 Å². The van der Waals surface area contributed by atoms with Crippen LogP contribution in [0, 0.1) is 0 Å². The maximum atomic E-state index is 11.8. The van der Waals surface area contributed by atoms with E-state index in [2.05, 4.69) is 0 Å². The second-order valence-electron chi connectivity index (χ2n) is 4.10. The van der Waals surface area contributed by atoms with Crippen LogP contribution in [0.3, 0.4) is 0 Å². The van der Waals surface area contributed by atoms with Gasteiger partial charge < -0.3 is 4.74 Å². The molecule has 0 fully saturated rings. The second-order valence-corrected chi connectivity index (χ2v) is 4.10. The second kappa shape index (κ2) is 4.87. The van der Waals surface area contributed by atoms with Gasteiger partial charge in [0.15, 0.2) is 0 Å². The third kappa shape index (κ3) is 2.56. The van der Waals surface area contributed by atoms with Crippen molar-refractivity contribution in [2.75, 3.05) is 6.61 Å². The van der Waals surface area contributed by atoms with Gasteiger partial charge in [-0.15, -0.1) is 0 Å². The highest BCUT2D eigenvalue weighted by Gasteiger charge is 2.08. The summed E-state index contributed by atoms with van der Waals surface area (Å²) in [6.07, 6.45) is 3.27. The largest absolute Gasteiger partial charge is 0.445 e. The summed E-state index contributed by atoms with van der Waals surface area (Å²) in [5, 5.41) is 1.03. The molecule has 0 bridgehead atoms. The Labute approximate surface area is 100 Å². The van der Waals surface area contributed by atoms with Gasteiger partial charge in [0.1, 0.15) is 6.61 Å². The van der Waals surface area contributed by atoms with Gasteiger partial charge in [0.2, 0.25) is 0 Å². The number of rotatable bonds is 2. The molecule has 17 heavy (non-hydrogen) atoms. The third-order valence-electron chi connectivity index (χ3n) is 2.49. The first kappa shape index (κ1) is 11.5. The van der Waals surface area contributed by atoms with Gasteiger partial charge in [0.25, 0.3) is 0 Å². The zero-order valence-corrected chi connectivity index (χ0v) is 10.0. The predicted octanol–water partition coefficient (Wildman–Crippen LogP) is 3.59. The van der Waals surface area contributed by atoms with Gasteiger partial charge >= 0.3 is 6.09 Å². The summed E-state index contributed by atoms with van der Waals surface area (Å²) in [6.45, 7) is 4.26. The summed E-state index contributed by atoms with van der Waals surface area (Å²) in [5.41, 5.74) is 2.00. The summed E-state index contributed by atoms with van der Waals surface area (Å²) in [5.74, 6) is 0. The summed E-state index contributed by atoms with van der Waals surface area (Å²) in [7, 11) is 0. The Morgan fingerprint density at radius 3 is 2.82 bits per heavy atom. The average Bonchev–Trinajstić information content (AvgIpc) is 2.72. The van der Waals surface area contributed by atoms with Gasteiger partial charge in [-0.3, -0.25) is 4.57 Å². The summed E-state index contributed by atoms with van der Waals surface area (Å²) in [6, 6.07) is 9.62. The maximum absolute atomic E-state index is 11.8. The van der Waals surface area contributed by atoms with Crippen molar-refractivity contribution in [1.29, 1.82) is 0 Å². The van der Waals surface area contributed by atoms with Crippen molar-refractivity contribution in [3.8, 4) is 0 Å². The highest BCUT2D eigenvalue weighted by molar-refractivity contribution is 5.89. The highest BCUT2D eigenvalue weighted by Crippen LogP contribution is 2.15. The Kier molecular flexibility index (Phi) is 3.28. The minimum absolute atomic E-state index is 0.313. The molecule has 88 valence electrons. The van der Waals surface area contributed by atoms with E-state index in [4.69, 9.17) is 4.74 Å². The van der Waals surface area contributed by atoms with Crippen LogP contribution in [0.25, 0.3) is 10.9 Å². The summed E-state index contributed by atoms with van der Waals surface area (Å²) >= 11 is 0. The molecule has 1 aromatic heterocycles. The lowest BCUT2D eigenvalue weighted by atomic mass is 10.2. The van der Waals surface area contributed by atoms with Crippen LogP contribution in [-0.4, -0.2) is 17.3 Å². The molecule has 0 unspecified atom stereocenters. The van der Waals surface area contributed by atoms with Crippen molar-refractivity contribution >= 4 is 17.0 Å². The smallest absolute Gasteiger partial charge is 0.418 e. The van der Waals surface area contributed by atoms with Gasteiger partial charge in [-0.25, -0.2) is 4.79 Å². The van der Waals surface area contributed by atoms with Crippen molar-refractivity contribution in [2.24, 2.45) is 0 Å². The van der Waals surface area contributed by atoms with Gasteiger partial charge in [0, 0.05) is 11.6 Å². The van der Waals surface area contributed by atoms with E-state index in [1.807, 2.05) is 50.3 Å². The highest BCUT2D eigenvalue weighted by atomic mass is 16.5. The number of para-hydroxylation sites is 1. The molecule has 0 atom stereocenters. The third-order valence-corrected chi connectivity index (χ3v) is 2.49. The lowest BCUT2D eigenvalue weighted by Gasteiger charge is -2.04. The van der Waals surface area contributed by atoms with Crippen molar-refractivity contribution in [1.82, 2.24) is 4.57 Å². The van der Waals surface area contributed by atoms with Crippen LogP contribution in [-0.2, 0) is 4.74 Å². The molecule has 1 aromatic carbocycles. The van der Waals surface area contributed by atoms with Gasteiger partial charge in [-0.1, -0.05) is 23.8 Å². The topological polar surface area (TPSA) is 31.2 Å². The average molecular weight is 229 g/mol. The van der Waals surface area contributed by atoms with Crippen molar-refractivity contribution in [2.45, 2.75) is 13.8 Å². The molecule has 0 aliphatic carbocycles. The van der Waals surface area contributed by atoms with E-state index in [1.165, 1.54) is 4.57 Å². The SMILES string of the molecule is CC(C)=CCOC(=O)n1ccc2ccccc21. The van der Waals surface area contributed by atoms with Crippen LogP contribution < -0.4 is 0 Å². The summed E-state index contributed by atoms with van der Waals surface area (Å²) < 4.78 is 6.67. The van der Waals surface area contributed by atoms with Crippen molar-refractivity contribution in [3.05, 3.63) is 48.2 Å². The van der Waals surface area contributed by atoms with E-state index in [0.29, 0.717) is 6.61 Å². The van der Waals surface area contributed by atoms with E-state index in [9.17, 15) is 4.79 Å². The lowest BCUT2D eigenvalue weighted by Crippen LogP contribution is -2.12. The Balaban J connectivity index is 2.17. The number of aromatic nitrogens is 1. The standard InChI is InChI=1S/C14H15NO2/c1-11(2)8-10-17-14(16)15-9-7-12-5-3-4-6-13(12)15/h3-9H,10H2,1-2H3.